The van der Waals surface area contributed by atoms with Crippen molar-refractivity contribution in [1.82, 2.24) is 15.1 Å². The number of morpholine rings is 1. The van der Waals surface area contributed by atoms with Gasteiger partial charge < -0.3 is 10.1 Å². The van der Waals surface area contributed by atoms with Crippen molar-refractivity contribution in [3.63, 3.8) is 0 Å². The number of aromatic nitrogens is 2. The molecule has 2 heterocycles. The van der Waals surface area contributed by atoms with E-state index < -0.39 is 0 Å². The van der Waals surface area contributed by atoms with E-state index in [0.717, 1.165) is 25.4 Å². The molecule has 2 aromatic rings. The maximum Gasteiger partial charge on any atom is 0.0694 e. The van der Waals surface area contributed by atoms with Crippen LogP contribution in [0.2, 0.25) is 0 Å². The lowest BCUT2D eigenvalue weighted by molar-refractivity contribution is 0.0768. The topological polar surface area (TPSA) is 39.1 Å². The summed E-state index contributed by atoms with van der Waals surface area (Å²) in [4.78, 5) is 0. The van der Waals surface area contributed by atoms with E-state index in [1.54, 1.807) is 6.20 Å². The molecule has 3 rings (SSSR count). The molecule has 0 radical (unpaired) electrons. The van der Waals surface area contributed by atoms with Crippen molar-refractivity contribution < 1.29 is 4.74 Å². The predicted molar refractivity (Wildman–Crippen MR) is 65.1 cm³/mol. The van der Waals surface area contributed by atoms with Crippen LogP contribution in [-0.2, 0) is 4.74 Å². The second-order valence-electron chi connectivity index (χ2n) is 4.09. The van der Waals surface area contributed by atoms with Crippen LogP contribution < -0.4 is 5.32 Å². The molecule has 1 N–H and O–H groups in total. The van der Waals surface area contributed by atoms with E-state index in [9.17, 15) is 0 Å². The predicted octanol–water partition coefficient (Wildman–Crippen LogP) is 1.53. The first kappa shape index (κ1) is 10.5. The van der Waals surface area contributed by atoms with Crippen LogP contribution in [0, 0.1) is 0 Å². The highest BCUT2D eigenvalue weighted by Crippen LogP contribution is 2.22. The zero-order chi connectivity index (χ0) is 11.5. The van der Waals surface area contributed by atoms with Gasteiger partial charge >= 0.3 is 0 Å². The molecule has 1 aliphatic heterocycles. The van der Waals surface area contributed by atoms with Gasteiger partial charge in [-0.05, 0) is 17.7 Å². The van der Waals surface area contributed by atoms with Gasteiger partial charge in [-0.25, -0.2) is 4.68 Å². The van der Waals surface area contributed by atoms with Gasteiger partial charge in [-0.2, -0.15) is 5.10 Å². The lowest BCUT2D eigenvalue weighted by Crippen LogP contribution is -2.35. The molecule has 1 unspecified atom stereocenters. The maximum atomic E-state index is 5.52. The molecule has 4 heteroatoms. The summed E-state index contributed by atoms with van der Waals surface area (Å²) in [6, 6.07) is 10.5. The van der Waals surface area contributed by atoms with Gasteiger partial charge in [-0.3, -0.25) is 0 Å². The summed E-state index contributed by atoms with van der Waals surface area (Å²) in [7, 11) is 0. The third-order valence-corrected chi connectivity index (χ3v) is 2.99. The van der Waals surface area contributed by atoms with Crippen molar-refractivity contribution in [3.8, 4) is 5.69 Å². The number of nitrogens with one attached hydrogen (secondary N) is 1. The zero-order valence-corrected chi connectivity index (χ0v) is 9.54. The smallest absolute Gasteiger partial charge is 0.0694 e. The first-order valence-corrected chi connectivity index (χ1v) is 5.85. The molecule has 17 heavy (non-hydrogen) atoms. The average molecular weight is 229 g/mol. The van der Waals surface area contributed by atoms with Crippen LogP contribution in [-0.4, -0.2) is 29.5 Å². The highest BCUT2D eigenvalue weighted by atomic mass is 16.5. The molecular weight excluding hydrogens is 214 g/mol. The van der Waals surface area contributed by atoms with Gasteiger partial charge in [0.05, 0.1) is 24.9 Å². The van der Waals surface area contributed by atoms with Crippen molar-refractivity contribution in [2.45, 2.75) is 6.04 Å². The number of hydrogen-bond donors (Lipinski definition) is 1. The number of para-hydroxylation sites is 1. The molecule has 0 aliphatic carbocycles. The zero-order valence-electron chi connectivity index (χ0n) is 9.54. The Balaban J connectivity index is 1.98. The van der Waals surface area contributed by atoms with Gasteiger partial charge in [-0.1, -0.05) is 18.2 Å². The van der Waals surface area contributed by atoms with E-state index >= 15 is 0 Å². The van der Waals surface area contributed by atoms with Crippen molar-refractivity contribution in [2.75, 3.05) is 19.8 Å². The van der Waals surface area contributed by atoms with Crippen LogP contribution >= 0.6 is 0 Å². The fourth-order valence-electron chi connectivity index (χ4n) is 2.17. The fraction of sp³-hybridized carbons (Fsp3) is 0.308. The van der Waals surface area contributed by atoms with Crippen LogP contribution in [0.25, 0.3) is 5.69 Å². The van der Waals surface area contributed by atoms with Crippen molar-refractivity contribution in [1.29, 1.82) is 0 Å². The molecule has 88 valence electrons. The van der Waals surface area contributed by atoms with Crippen LogP contribution in [0.15, 0.2) is 42.7 Å². The van der Waals surface area contributed by atoms with Crippen LogP contribution in [0.4, 0.5) is 0 Å². The Morgan fingerprint density at radius 3 is 3.00 bits per heavy atom. The monoisotopic (exact) mass is 229 g/mol. The molecule has 0 bridgehead atoms. The highest BCUT2D eigenvalue weighted by Gasteiger charge is 2.18. The Hall–Kier alpha value is -1.65. The second kappa shape index (κ2) is 4.69. The molecule has 0 saturated carbocycles. The minimum atomic E-state index is 0.254. The lowest BCUT2D eigenvalue weighted by atomic mass is 10.0. The van der Waals surface area contributed by atoms with Gasteiger partial charge in [0.2, 0.25) is 0 Å². The molecule has 1 aromatic carbocycles. The molecule has 1 aliphatic rings. The summed E-state index contributed by atoms with van der Waals surface area (Å²) < 4.78 is 7.41. The highest BCUT2D eigenvalue weighted by molar-refractivity contribution is 5.42. The van der Waals surface area contributed by atoms with Crippen molar-refractivity contribution in [3.05, 3.63) is 48.3 Å². The first-order chi connectivity index (χ1) is 8.45. The minimum Gasteiger partial charge on any atom is -0.378 e. The van der Waals surface area contributed by atoms with Gasteiger partial charge in [-0.15, -0.1) is 0 Å². The van der Waals surface area contributed by atoms with Gasteiger partial charge in [0.15, 0.2) is 0 Å². The Bertz CT molecular complexity index is 475. The SMILES string of the molecule is c1ccc(-n2cccn2)c(C2COCCN2)c1. The summed E-state index contributed by atoms with van der Waals surface area (Å²) in [6.45, 7) is 2.41. The molecule has 0 spiro atoms. The fourth-order valence-corrected chi connectivity index (χ4v) is 2.17. The second-order valence-corrected chi connectivity index (χ2v) is 4.09. The summed E-state index contributed by atoms with van der Waals surface area (Å²) in [6.07, 6.45) is 3.75. The van der Waals surface area contributed by atoms with Gasteiger partial charge in [0, 0.05) is 18.9 Å². The minimum absolute atomic E-state index is 0.254. The lowest BCUT2D eigenvalue weighted by Gasteiger charge is -2.25. The molecule has 1 saturated heterocycles. The summed E-state index contributed by atoms with van der Waals surface area (Å²) in [5.41, 5.74) is 2.34. The van der Waals surface area contributed by atoms with Crippen LogP contribution in [0.3, 0.4) is 0 Å². The quantitative estimate of drug-likeness (QED) is 0.849. The Morgan fingerprint density at radius 2 is 2.24 bits per heavy atom. The number of hydrogen-bond acceptors (Lipinski definition) is 3. The van der Waals surface area contributed by atoms with E-state index in [4.69, 9.17) is 4.74 Å². The first-order valence-electron chi connectivity index (χ1n) is 5.85. The third kappa shape index (κ3) is 2.09. The standard InChI is InChI=1S/C13H15N3O/c1-2-5-13(16-8-3-6-15-16)11(4-1)12-10-17-9-7-14-12/h1-6,8,12,14H,7,9-10H2. The number of ether oxygens (including phenoxy) is 1. The van der Waals surface area contributed by atoms with Gasteiger partial charge in [0.25, 0.3) is 0 Å². The Labute approximate surface area is 100 Å². The average Bonchev–Trinajstić information content (AvgIpc) is 2.94. The molecule has 1 aromatic heterocycles. The molecule has 1 fully saturated rings. The largest absolute Gasteiger partial charge is 0.378 e. The normalized spacial score (nSPS) is 20.4. The Morgan fingerprint density at radius 1 is 1.29 bits per heavy atom. The van der Waals surface area contributed by atoms with Crippen molar-refractivity contribution >= 4 is 0 Å². The number of rotatable bonds is 2. The van der Waals surface area contributed by atoms with Gasteiger partial charge in [0.1, 0.15) is 0 Å². The van der Waals surface area contributed by atoms with E-state index in [1.807, 2.05) is 23.0 Å². The van der Waals surface area contributed by atoms with E-state index in [-0.39, 0.29) is 6.04 Å². The maximum absolute atomic E-state index is 5.52. The van der Waals surface area contributed by atoms with E-state index in [1.165, 1.54) is 5.56 Å². The van der Waals surface area contributed by atoms with E-state index in [0.29, 0.717) is 0 Å². The van der Waals surface area contributed by atoms with Crippen LogP contribution in [0.1, 0.15) is 11.6 Å². The molecule has 4 nitrogen and oxygen atoms in total. The summed E-state index contributed by atoms with van der Waals surface area (Å²) in [5.74, 6) is 0. The third-order valence-electron chi connectivity index (χ3n) is 2.99. The Kier molecular flexibility index (Phi) is 2.90. The van der Waals surface area contributed by atoms with Crippen molar-refractivity contribution in [2.24, 2.45) is 0 Å². The molecule has 0 amide bonds. The number of benzene rings is 1. The molecule has 1 atom stereocenters. The van der Waals surface area contributed by atoms with Crippen LogP contribution in [0.5, 0.6) is 0 Å². The molecular formula is C13H15N3O. The summed E-state index contributed by atoms with van der Waals surface area (Å²) >= 11 is 0. The summed E-state index contributed by atoms with van der Waals surface area (Å²) in [5, 5.41) is 7.76. The number of nitrogens with zero attached hydrogens (tertiary/aromatic N) is 2. The van der Waals surface area contributed by atoms with E-state index in [2.05, 4.69) is 28.6 Å².